The number of amides is 1. The number of H-pyrrole nitrogens is 1. The molecule has 5 aliphatic rings. The average molecular weight is 715 g/mol. The van der Waals surface area contributed by atoms with Gasteiger partial charge in [0, 0.05) is 73.0 Å². The fourth-order valence-corrected chi connectivity index (χ4v) is 9.09. The maximum Gasteiger partial charge on any atom is 0.422 e. The number of likely N-dealkylation sites (tertiary alicyclic amines) is 2. The van der Waals surface area contributed by atoms with Crippen LogP contribution in [0.3, 0.4) is 0 Å². The van der Waals surface area contributed by atoms with E-state index in [1.54, 1.807) is 6.20 Å². The number of fused-ring (bicyclic) bond motifs is 2. The Kier molecular flexibility index (Phi) is 7.77. The molecular weight excluding hydrogens is 669 g/mol. The number of aromatic amines is 1. The number of carbonyl (C=O) groups is 1. The van der Waals surface area contributed by atoms with Crippen LogP contribution in [0, 0.1) is 17.8 Å². The molecule has 4 saturated heterocycles. The van der Waals surface area contributed by atoms with E-state index in [2.05, 4.69) is 44.5 Å². The fraction of sp³-hybridized carbons (Fsp3) is 0.538. The van der Waals surface area contributed by atoms with Gasteiger partial charge >= 0.3 is 6.18 Å². The third-order valence-corrected chi connectivity index (χ3v) is 12.1. The maximum absolute atomic E-state index is 14.1. The van der Waals surface area contributed by atoms with Gasteiger partial charge < -0.3 is 24.3 Å². The van der Waals surface area contributed by atoms with Crippen molar-refractivity contribution in [3.8, 4) is 16.9 Å². The summed E-state index contributed by atoms with van der Waals surface area (Å²) in [5.41, 5.74) is 4.75. The molecule has 52 heavy (non-hydrogen) atoms. The molecular formula is C39H45F3N8O2. The quantitative estimate of drug-likeness (QED) is 0.198. The predicted molar refractivity (Wildman–Crippen MR) is 195 cm³/mol. The van der Waals surface area contributed by atoms with Crippen molar-refractivity contribution in [3.05, 3.63) is 48.2 Å². The lowest BCUT2D eigenvalue weighted by Crippen LogP contribution is -2.62. The molecule has 0 unspecified atom stereocenters. The van der Waals surface area contributed by atoms with Crippen molar-refractivity contribution in [3.63, 3.8) is 0 Å². The largest absolute Gasteiger partial charge is 0.481 e. The first-order chi connectivity index (χ1) is 24.9. The molecule has 4 aromatic rings. The van der Waals surface area contributed by atoms with E-state index >= 15 is 0 Å². The van der Waals surface area contributed by atoms with Crippen LogP contribution in [0.4, 0.5) is 24.9 Å². The van der Waals surface area contributed by atoms with Gasteiger partial charge in [0.2, 0.25) is 11.9 Å². The molecule has 10 nitrogen and oxygen atoms in total. The number of halogens is 3. The van der Waals surface area contributed by atoms with Crippen LogP contribution in [0.5, 0.6) is 5.75 Å². The molecule has 2 aromatic carbocycles. The van der Waals surface area contributed by atoms with E-state index in [0.717, 1.165) is 110 Å². The minimum absolute atomic E-state index is 0.0358. The zero-order valence-corrected chi connectivity index (χ0v) is 29.9. The van der Waals surface area contributed by atoms with Gasteiger partial charge in [-0.25, -0.2) is 4.98 Å². The number of hydrogen-bond acceptors (Lipinski definition) is 8. The molecule has 1 spiro atoms. The summed E-state index contributed by atoms with van der Waals surface area (Å²) >= 11 is 0. The molecule has 0 bridgehead atoms. The molecule has 5 fully saturated rings. The molecule has 1 amide bonds. The van der Waals surface area contributed by atoms with Crippen molar-refractivity contribution in [1.82, 2.24) is 30.0 Å². The van der Waals surface area contributed by atoms with Gasteiger partial charge in [0.1, 0.15) is 11.3 Å². The van der Waals surface area contributed by atoms with E-state index in [0.29, 0.717) is 30.1 Å². The summed E-state index contributed by atoms with van der Waals surface area (Å²) in [5.74, 6) is 1.58. The summed E-state index contributed by atoms with van der Waals surface area (Å²) in [6, 6.07) is 6.07. The van der Waals surface area contributed by atoms with Crippen LogP contribution in [0.15, 0.2) is 37.1 Å². The van der Waals surface area contributed by atoms with Crippen LogP contribution in [-0.4, -0.2) is 108 Å². The number of carbonyl (C=O) groups excluding carboxylic acids is 1. The third kappa shape index (κ3) is 5.85. The van der Waals surface area contributed by atoms with Crippen LogP contribution >= 0.6 is 0 Å². The first kappa shape index (κ1) is 33.4. The van der Waals surface area contributed by atoms with Crippen LogP contribution in [0.1, 0.15) is 56.1 Å². The second kappa shape index (κ2) is 12.1. The number of aryl methyl sites for hydroxylation is 1. The van der Waals surface area contributed by atoms with Crippen molar-refractivity contribution in [2.24, 2.45) is 10.8 Å². The number of alkyl halides is 3. The molecule has 6 heterocycles. The average Bonchev–Trinajstić information content (AvgIpc) is 3.81. The van der Waals surface area contributed by atoms with E-state index in [1.807, 2.05) is 24.0 Å². The summed E-state index contributed by atoms with van der Waals surface area (Å²) < 4.78 is 48.2. The molecule has 274 valence electrons. The Balaban J connectivity index is 1.19. The van der Waals surface area contributed by atoms with E-state index in [1.165, 1.54) is 12.5 Å². The Morgan fingerprint density at radius 2 is 1.79 bits per heavy atom. The van der Waals surface area contributed by atoms with Gasteiger partial charge in [-0.1, -0.05) is 19.6 Å². The third-order valence-electron chi connectivity index (χ3n) is 12.1. The fourth-order valence-electron chi connectivity index (χ4n) is 9.09. The Hall–Kier alpha value is -4.39. The van der Waals surface area contributed by atoms with Gasteiger partial charge in [-0.15, -0.1) is 0 Å². The summed E-state index contributed by atoms with van der Waals surface area (Å²) in [6.07, 6.45) is 3.47. The first-order valence-corrected chi connectivity index (χ1v) is 18.6. The predicted octanol–water partition coefficient (Wildman–Crippen LogP) is 6.45. The molecule has 9 rings (SSSR count). The summed E-state index contributed by atoms with van der Waals surface area (Å²) in [5, 5.41) is 8.90. The second-order valence-corrected chi connectivity index (χ2v) is 16.4. The van der Waals surface area contributed by atoms with Crippen molar-refractivity contribution < 1.29 is 22.7 Å². The van der Waals surface area contributed by atoms with E-state index in [9.17, 15) is 18.0 Å². The van der Waals surface area contributed by atoms with Crippen molar-refractivity contribution in [2.75, 3.05) is 75.3 Å². The number of ether oxygens (including phenoxy) is 1. The molecule has 1 N–H and O–H groups in total. The molecule has 1 aliphatic carbocycles. The van der Waals surface area contributed by atoms with Crippen molar-refractivity contribution in [2.45, 2.75) is 58.0 Å². The number of nitrogens with zero attached hydrogens (tertiary/aromatic N) is 7. The lowest BCUT2D eigenvalue weighted by molar-refractivity contribution is -0.153. The second-order valence-electron chi connectivity index (χ2n) is 16.4. The van der Waals surface area contributed by atoms with Crippen LogP contribution in [-0.2, 0) is 4.79 Å². The lowest BCUT2D eigenvalue weighted by Gasteiger charge is -2.54. The molecule has 1 saturated carbocycles. The highest BCUT2D eigenvalue weighted by molar-refractivity contribution is 6.06. The number of hydrogen-bond donors (Lipinski definition) is 1. The summed E-state index contributed by atoms with van der Waals surface area (Å²) in [7, 11) is 0. The van der Waals surface area contributed by atoms with Crippen LogP contribution in [0.2, 0.25) is 0 Å². The zero-order chi connectivity index (χ0) is 36.0. The Labute approximate surface area is 301 Å². The van der Waals surface area contributed by atoms with Crippen LogP contribution < -0.4 is 14.5 Å². The summed E-state index contributed by atoms with van der Waals surface area (Å²) in [4.78, 5) is 31.4. The Bertz CT molecular complexity index is 2070. The Morgan fingerprint density at radius 1 is 1.04 bits per heavy atom. The molecule has 13 heteroatoms. The number of piperidine rings is 1. The van der Waals surface area contributed by atoms with E-state index in [4.69, 9.17) is 14.7 Å². The Morgan fingerprint density at radius 3 is 2.44 bits per heavy atom. The van der Waals surface area contributed by atoms with Gasteiger partial charge in [0.25, 0.3) is 0 Å². The zero-order valence-electron chi connectivity index (χ0n) is 29.9. The monoisotopic (exact) mass is 714 g/mol. The van der Waals surface area contributed by atoms with Gasteiger partial charge in [0.05, 0.1) is 11.7 Å². The summed E-state index contributed by atoms with van der Waals surface area (Å²) in [6.45, 7) is 14.2. The van der Waals surface area contributed by atoms with Gasteiger partial charge in [-0.05, 0) is 92.9 Å². The highest BCUT2D eigenvalue weighted by Crippen LogP contribution is 2.53. The van der Waals surface area contributed by atoms with Gasteiger partial charge in [0.15, 0.2) is 12.4 Å². The SMILES string of the molecule is C=CC(=O)N1CC2(CCN(c3nc(N4CC(C)(CN5CCC5)C4)nc4c(OCC(F)(F)F)c(-c5c(C)ccc6[nH]ncc56)c(C5CC5)cc34)CC2)C1. The molecule has 0 radical (unpaired) electrons. The number of nitrogens with one attached hydrogen (secondary N) is 1. The van der Waals surface area contributed by atoms with Crippen molar-refractivity contribution >= 4 is 39.5 Å². The maximum atomic E-state index is 14.1. The van der Waals surface area contributed by atoms with E-state index < -0.39 is 12.8 Å². The number of anilines is 2. The highest BCUT2D eigenvalue weighted by atomic mass is 19.4. The minimum atomic E-state index is -4.55. The first-order valence-electron chi connectivity index (χ1n) is 18.6. The number of aromatic nitrogens is 4. The topological polar surface area (TPSA) is 93.7 Å². The normalized spacial score (nSPS) is 21.3. The molecule has 4 aliphatic heterocycles. The highest BCUT2D eigenvalue weighted by Gasteiger charge is 2.47. The lowest BCUT2D eigenvalue weighted by atomic mass is 9.72. The van der Waals surface area contributed by atoms with Crippen molar-refractivity contribution in [1.29, 1.82) is 0 Å². The molecule has 2 aromatic heterocycles. The smallest absolute Gasteiger partial charge is 0.422 e. The van der Waals surface area contributed by atoms with Gasteiger partial charge in [-0.2, -0.15) is 23.3 Å². The number of benzene rings is 2. The minimum Gasteiger partial charge on any atom is -0.481 e. The van der Waals surface area contributed by atoms with E-state index in [-0.39, 0.29) is 28.4 Å². The molecule has 0 atom stereocenters. The standard InChI is InChI=1S/C39H45F3N8O2/c1-4-30(51)49-21-38(22-49)10-14-48(15-11-38)35-27-16-26(25-7-8-25)32(31-24(2)6-9-29-28(31)17-43-46-29)34(52-23-39(40,41)42)33(27)44-36(45-35)50-19-37(3,20-50)18-47-12-5-13-47/h4,6,9,16-17,25H,1,5,7-8,10-15,18-23H2,2-3H3,(H,43,46). The van der Waals surface area contributed by atoms with Crippen LogP contribution in [0.25, 0.3) is 32.9 Å². The number of rotatable bonds is 9. The van der Waals surface area contributed by atoms with Gasteiger partial charge in [-0.3, -0.25) is 9.89 Å².